The summed E-state index contributed by atoms with van der Waals surface area (Å²) in [7, 11) is 0. The highest BCUT2D eigenvalue weighted by Gasteiger charge is 2.45. The van der Waals surface area contributed by atoms with Crippen molar-refractivity contribution < 1.29 is 9.53 Å². The summed E-state index contributed by atoms with van der Waals surface area (Å²) in [4.78, 5) is 38.6. The molecule has 1 amide bonds. The van der Waals surface area contributed by atoms with Crippen LogP contribution in [0.2, 0.25) is 0 Å². The van der Waals surface area contributed by atoms with Crippen molar-refractivity contribution in [1.82, 2.24) is 19.9 Å². The van der Waals surface area contributed by atoms with E-state index in [9.17, 15) is 9.59 Å². The highest BCUT2D eigenvalue weighted by molar-refractivity contribution is 7.18. The number of para-hydroxylation sites is 1. The third kappa shape index (κ3) is 3.06. The summed E-state index contributed by atoms with van der Waals surface area (Å²) in [5.74, 6) is 1.01. The number of nitrogens with one attached hydrogen (secondary N) is 1. The molecule has 2 aromatic heterocycles. The van der Waals surface area contributed by atoms with Crippen LogP contribution in [-0.2, 0) is 4.87 Å². The molecule has 1 aromatic carbocycles. The lowest BCUT2D eigenvalue weighted by molar-refractivity contribution is 0.147. The highest BCUT2D eigenvalue weighted by atomic mass is 35.5. The monoisotopic (exact) mass is 416 g/mol. The van der Waals surface area contributed by atoms with Crippen LogP contribution in [-0.4, -0.2) is 32.5 Å². The molecule has 1 aliphatic heterocycles. The molecule has 9 heteroatoms. The van der Waals surface area contributed by atoms with E-state index in [1.54, 1.807) is 17.0 Å². The van der Waals surface area contributed by atoms with Gasteiger partial charge in [0.2, 0.25) is 0 Å². The molecule has 2 aliphatic rings. The number of carbonyl (C=O) groups is 1. The first kappa shape index (κ1) is 17.6. The van der Waals surface area contributed by atoms with Gasteiger partial charge in [-0.15, -0.1) is 11.6 Å². The van der Waals surface area contributed by atoms with Crippen molar-refractivity contribution >= 4 is 39.4 Å². The molecular weight excluding hydrogens is 400 g/mol. The number of halogens is 1. The summed E-state index contributed by atoms with van der Waals surface area (Å²) in [6.45, 7) is 0.589. The summed E-state index contributed by atoms with van der Waals surface area (Å²) >= 11 is 7.74. The average Bonchev–Trinajstić information content (AvgIpc) is 3.11. The number of ether oxygens (including phenoxy) is 1. The standard InChI is InChI=1S/C19H17ClN4O3S/c20-19(8-9-19)17-22-14(25)13-16(23-17)28-15(21-13)12-7-4-10-24(12)18(26)27-11-5-2-1-3-6-11/h1-3,5-6,12H,4,7-10H2,(H,22,23,25). The summed E-state index contributed by atoms with van der Waals surface area (Å²) < 4.78 is 5.48. The van der Waals surface area contributed by atoms with Gasteiger partial charge >= 0.3 is 6.09 Å². The number of likely N-dealkylation sites (tertiary alicyclic amines) is 1. The number of alkyl halides is 1. The Morgan fingerprint density at radius 1 is 1.29 bits per heavy atom. The van der Waals surface area contributed by atoms with Crippen LogP contribution in [0.5, 0.6) is 5.75 Å². The molecule has 1 N–H and O–H groups in total. The van der Waals surface area contributed by atoms with Gasteiger partial charge in [0.1, 0.15) is 21.5 Å². The summed E-state index contributed by atoms with van der Waals surface area (Å²) in [6.07, 6.45) is 2.82. The van der Waals surface area contributed by atoms with Crippen molar-refractivity contribution in [1.29, 1.82) is 0 Å². The lowest BCUT2D eigenvalue weighted by Crippen LogP contribution is -2.33. The zero-order valence-corrected chi connectivity index (χ0v) is 16.4. The second-order valence-corrected chi connectivity index (χ2v) is 8.85. The maximum absolute atomic E-state index is 12.7. The first-order valence-corrected chi connectivity index (χ1v) is 10.4. The Morgan fingerprint density at radius 3 is 2.82 bits per heavy atom. The SMILES string of the molecule is O=C(Oc1ccccc1)N1CCCC1c1nc2c(=O)[nH]c(C3(Cl)CC3)nc2s1. The fraction of sp³-hybridized carbons (Fsp3) is 0.368. The Morgan fingerprint density at radius 2 is 2.07 bits per heavy atom. The van der Waals surface area contributed by atoms with Gasteiger partial charge in [-0.1, -0.05) is 29.5 Å². The normalized spacial score (nSPS) is 20.5. The molecule has 2 fully saturated rings. The fourth-order valence-corrected chi connectivity index (χ4v) is 4.71. The van der Waals surface area contributed by atoms with Gasteiger partial charge in [0, 0.05) is 6.54 Å². The van der Waals surface area contributed by atoms with Crippen LogP contribution in [0.4, 0.5) is 4.79 Å². The van der Waals surface area contributed by atoms with E-state index in [0.717, 1.165) is 25.7 Å². The molecule has 7 nitrogen and oxygen atoms in total. The van der Waals surface area contributed by atoms with Crippen molar-refractivity contribution in [3.63, 3.8) is 0 Å². The van der Waals surface area contributed by atoms with Crippen molar-refractivity contribution in [3.8, 4) is 5.75 Å². The number of rotatable bonds is 3. The molecule has 1 saturated carbocycles. The summed E-state index contributed by atoms with van der Waals surface area (Å²) in [6, 6.07) is 8.76. The first-order chi connectivity index (χ1) is 13.5. The molecule has 1 saturated heterocycles. The zero-order valence-electron chi connectivity index (χ0n) is 14.9. The third-order valence-corrected chi connectivity index (χ3v) is 6.73. The molecular formula is C19H17ClN4O3S. The van der Waals surface area contributed by atoms with Crippen LogP contribution < -0.4 is 10.3 Å². The molecule has 1 atom stereocenters. The van der Waals surface area contributed by atoms with Gasteiger partial charge in [-0.2, -0.15) is 0 Å². The number of fused-ring (bicyclic) bond motifs is 1. The van der Waals surface area contributed by atoms with E-state index in [1.165, 1.54) is 11.3 Å². The largest absolute Gasteiger partial charge is 0.415 e. The van der Waals surface area contributed by atoms with Gasteiger partial charge in [0.15, 0.2) is 10.3 Å². The van der Waals surface area contributed by atoms with E-state index in [-0.39, 0.29) is 11.6 Å². The van der Waals surface area contributed by atoms with Crippen molar-refractivity contribution in [2.75, 3.05) is 6.54 Å². The van der Waals surface area contributed by atoms with Gasteiger partial charge in [-0.25, -0.2) is 14.8 Å². The average molecular weight is 417 g/mol. The molecule has 28 heavy (non-hydrogen) atoms. The molecule has 3 heterocycles. The number of aromatic nitrogens is 3. The van der Waals surface area contributed by atoms with Crippen molar-refractivity contribution in [2.24, 2.45) is 0 Å². The van der Waals surface area contributed by atoms with Crippen LogP contribution in [0.1, 0.15) is 42.6 Å². The molecule has 0 radical (unpaired) electrons. The second-order valence-electron chi connectivity index (χ2n) is 7.12. The number of aromatic amines is 1. The number of carbonyl (C=O) groups excluding carboxylic acids is 1. The Kier molecular flexibility index (Phi) is 4.13. The smallest absolute Gasteiger partial charge is 0.410 e. The summed E-state index contributed by atoms with van der Waals surface area (Å²) in [5.41, 5.74) is 0.0128. The van der Waals surface area contributed by atoms with Crippen LogP contribution in [0.3, 0.4) is 0 Å². The number of hydrogen-bond acceptors (Lipinski definition) is 6. The van der Waals surface area contributed by atoms with E-state index in [4.69, 9.17) is 16.3 Å². The van der Waals surface area contributed by atoms with Crippen LogP contribution >= 0.6 is 22.9 Å². The second kappa shape index (κ2) is 6.56. The first-order valence-electron chi connectivity index (χ1n) is 9.17. The maximum atomic E-state index is 12.7. The molecule has 3 aromatic rings. The van der Waals surface area contributed by atoms with E-state index < -0.39 is 11.0 Å². The molecule has 0 bridgehead atoms. The lowest BCUT2D eigenvalue weighted by atomic mass is 10.2. The minimum atomic E-state index is -0.545. The Labute approximate surface area is 169 Å². The Bertz CT molecular complexity index is 1110. The van der Waals surface area contributed by atoms with E-state index in [0.29, 0.717) is 33.5 Å². The van der Waals surface area contributed by atoms with Gasteiger partial charge in [-0.05, 0) is 37.8 Å². The molecule has 1 aliphatic carbocycles. The summed E-state index contributed by atoms with van der Waals surface area (Å²) in [5, 5.41) is 0.701. The minimum Gasteiger partial charge on any atom is -0.410 e. The Hall–Kier alpha value is -2.45. The van der Waals surface area contributed by atoms with E-state index >= 15 is 0 Å². The van der Waals surface area contributed by atoms with Crippen LogP contribution in [0.15, 0.2) is 35.1 Å². The lowest BCUT2D eigenvalue weighted by Gasteiger charge is -2.22. The predicted molar refractivity (Wildman–Crippen MR) is 106 cm³/mol. The maximum Gasteiger partial charge on any atom is 0.415 e. The number of benzene rings is 1. The van der Waals surface area contributed by atoms with E-state index in [1.807, 2.05) is 18.2 Å². The van der Waals surface area contributed by atoms with Gasteiger partial charge in [0.25, 0.3) is 5.56 Å². The Balaban J connectivity index is 1.44. The molecule has 1 unspecified atom stereocenters. The minimum absolute atomic E-state index is 0.218. The van der Waals surface area contributed by atoms with E-state index in [2.05, 4.69) is 15.0 Å². The highest BCUT2D eigenvalue weighted by Crippen LogP contribution is 2.50. The van der Waals surface area contributed by atoms with Crippen LogP contribution in [0, 0.1) is 0 Å². The quantitative estimate of drug-likeness (QED) is 0.653. The molecule has 0 spiro atoms. The number of amides is 1. The number of H-pyrrole nitrogens is 1. The topological polar surface area (TPSA) is 88.2 Å². The number of nitrogens with zero attached hydrogens (tertiary/aromatic N) is 3. The number of hydrogen-bond donors (Lipinski definition) is 1. The molecule has 5 rings (SSSR count). The number of thiazole rings is 1. The third-order valence-electron chi connectivity index (χ3n) is 5.12. The van der Waals surface area contributed by atoms with Gasteiger partial charge in [-0.3, -0.25) is 9.69 Å². The molecule has 144 valence electrons. The van der Waals surface area contributed by atoms with Crippen molar-refractivity contribution in [2.45, 2.75) is 36.6 Å². The zero-order chi connectivity index (χ0) is 19.3. The van der Waals surface area contributed by atoms with Gasteiger partial charge in [0.05, 0.1) is 6.04 Å². The van der Waals surface area contributed by atoms with Crippen molar-refractivity contribution in [3.05, 3.63) is 51.5 Å². The van der Waals surface area contributed by atoms with Gasteiger partial charge < -0.3 is 9.72 Å². The fourth-order valence-electron chi connectivity index (χ4n) is 3.44. The van der Waals surface area contributed by atoms with Crippen LogP contribution in [0.25, 0.3) is 10.3 Å². The predicted octanol–water partition coefficient (Wildman–Crippen LogP) is 3.94.